The van der Waals surface area contributed by atoms with Crippen LogP contribution in [0, 0.1) is 6.92 Å². The van der Waals surface area contributed by atoms with Crippen molar-refractivity contribution in [3.8, 4) is 11.5 Å². The molecule has 4 aromatic rings. The molecule has 1 aromatic carbocycles. The summed E-state index contributed by atoms with van der Waals surface area (Å²) >= 11 is 0. The number of pyridine rings is 1. The van der Waals surface area contributed by atoms with Crippen LogP contribution < -0.4 is 5.32 Å². The first-order valence-corrected chi connectivity index (χ1v) is 7.81. The monoisotopic (exact) mass is 346 g/mol. The zero-order valence-corrected chi connectivity index (χ0v) is 13.8. The molecule has 9 nitrogen and oxygen atoms in total. The number of nitrogens with one attached hydrogen (secondary N) is 1. The summed E-state index contributed by atoms with van der Waals surface area (Å²) in [5, 5.41) is 14.7. The van der Waals surface area contributed by atoms with Gasteiger partial charge in [-0.2, -0.15) is 5.10 Å². The SMILES string of the molecule is Cc1ccc(-n2cc(C(=O)Nc3ccc(-n4cncn4)nc3)nn2)cc1. The second-order valence-corrected chi connectivity index (χ2v) is 5.58. The average molecular weight is 346 g/mol. The first kappa shape index (κ1) is 15.6. The van der Waals surface area contributed by atoms with Crippen LogP contribution in [0.3, 0.4) is 0 Å². The minimum Gasteiger partial charge on any atom is -0.319 e. The van der Waals surface area contributed by atoms with Crippen LogP contribution in [0.1, 0.15) is 16.1 Å². The molecule has 0 radical (unpaired) electrons. The van der Waals surface area contributed by atoms with E-state index in [-0.39, 0.29) is 11.6 Å². The van der Waals surface area contributed by atoms with Gasteiger partial charge >= 0.3 is 0 Å². The molecule has 0 spiro atoms. The molecule has 0 bridgehead atoms. The quantitative estimate of drug-likeness (QED) is 0.604. The van der Waals surface area contributed by atoms with Gasteiger partial charge in [0.2, 0.25) is 0 Å². The molecule has 1 N–H and O–H groups in total. The van der Waals surface area contributed by atoms with Crippen LogP contribution in [-0.2, 0) is 0 Å². The Balaban J connectivity index is 1.47. The summed E-state index contributed by atoms with van der Waals surface area (Å²) in [5.74, 6) is 0.240. The third-order valence-corrected chi connectivity index (χ3v) is 3.68. The third kappa shape index (κ3) is 3.18. The van der Waals surface area contributed by atoms with Gasteiger partial charge in [-0.1, -0.05) is 22.9 Å². The Morgan fingerprint density at radius 2 is 1.92 bits per heavy atom. The molecule has 0 fully saturated rings. The maximum Gasteiger partial charge on any atom is 0.277 e. The van der Waals surface area contributed by atoms with Crippen molar-refractivity contribution >= 4 is 11.6 Å². The van der Waals surface area contributed by atoms with E-state index < -0.39 is 0 Å². The van der Waals surface area contributed by atoms with E-state index in [1.807, 2.05) is 31.2 Å². The lowest BCUT2D eigenvalue weighted by atomic mass is 10.2. The van der Waals surface area contributed by atoms with Gasteiger partial charge in [-0.15, -0.1) is 5.10 Å². The molecule has 0 saturated heterocycles. The highest BCUT2D eigenvalue weighted by molar-refractivity contribution is 6.02. The van der Waals surface area contributed by atoms with Crippen LogP contribution in [0.2, 0.25) is 0 Å². The molecule has 0 unspecified atom stereocenters. The van der Waals surface area contributed by atoms with E-state index in [0.29, 0.717) is 11.5 Å². The maximum atomic E-state index is 12.3. The van der Waals surface area contributed by atoms with Gasteiger partial charge in [0.15, 0.2) is 11.5 Å². The number of anilines is 1. The molecule has 0 atom stereocenters. The standard InChI is InChI=1S/C17H14N8O/c1-12-2-5-14(6-3-12)24-9-15(22-23-24)17(26)21-13-4-7-16(19-8-13)25-11-18-10-20-25/h2-11H,1H3,(H,21,26). The normalized spacial score (nSPS) is 10.7. The first-order valence-electron chi connectivity index (χ1n) is 7.81. The number of carbonyl (C=O) groups excluding carboxylic acids is 1. The molecule has 0 aliphatic carbocycles. The van der Waals surface area contributed by atoms with Crippen molar-refractivity contribution in [2.45, 2.75) is 6.92 Å². The molecule has 0 saturated carbocycles. The summed E-state index contributed by atoms with van der Waals surface area (Å²) in [7, 11) is 0. The van der Waals surface area contributed by atoms with Crippen molar-refractivity contribution in [3.63, 3.8) is 0 Å². The lowest BCUT2D eigenvalue weighted by molar-refractivity contribution is 0.102. The summed E-state index contributed by atoms with van der Waals surface area (Å²) in [4.78, 5) is 20.4. The number of carbonyl (C=O) groups is 1. The minimum absolute atomic E-state index is 0.214. The number of amides is 1. The Labute approximate surface area is 148 Å². The summed E-state index contributed by atoms with van der Waals surface area (Å²) in [5.41, 5.74) is 2.74. The Morgan fingerprint density at radius 3 is 2.62 bits per heavy atom. The number of benzene rings is 1. The molecular weight excluding hydrogens is 332 g/mol. The van der Waals surface area contributed by atoms with E-state index in [1.165, 1.54) is 11.0 Å². The molecule has 0 aliphatic rings. The zero-order chi connectivity index (χ0) is 17.9. The number of rotatable bonds is 4. The third-order valence-electron chi connectivity index (χ3n) is 3.68. The second-order valence-electron chi connectivity index (χ2n) is 5.58. The highest BCUT2D eigenvalue weighted by Crippen LogP contribution is 2.12. The summed E-state index contributed by atoms with van der Waals surface area (Å²) in [6.07, 6.45) is 6.09. The van der Waals surface area contributed by atoms with Gasteiger partial charge in [-0.3, -0.25) is 4.79 Å². The van der Waals surface area contributed by atoms with E-state index in [9.17, 15) is 4.79 Å². The fraction of sp³-hybridized carbons (Fsp3) is 0.0588. The van der Waals surface area contributed by atoms with E-state index in [2.05, 4.69) is 30.7 Å². The topological polar surface area (TPSA) is 103 Å². The highest BCUT2D eigenvalue weighted by atomic mass is 16.2. The second kappa shape index (κ2) is 6.55. The van der Waals surface area contributed by atoms with Crippen molar-refractivity contribution < 1.29 is 4.79 Å². The summed E-state index contributed by atoms with van der Waals surface area (Å²) in [6, 6.07) is 11.2. The van der Waals surface area contributed by atoms with Gasteiger partial charge in [0.05, 0.1) is 23.8 Å². The van der Waals surface area contributed by atoms with Crippen molar-refractivity contribution in [2.24, 2.45) is 0 Å². The Hall–Kier alpha value is -3.88. The van der Waals surface area contributed by atoms with Crippen LogP contribution in [0.25, 0.3) is 11.5 Å². The predicted molar refractivity (Wildman–Crippen MR) is 93.2 cm³/mol. The van der Waals surface area contributed by atoms with E-state index >= 15 is 0 Å². The molecule has 4 rings (SSSR count). The fourth-order valence-electron chi connectivity index (χ4n) is 2.31. The number of hydrogen-bond acceptors (Lipinski definition) is 6. The average Bonchev–Trinajstić information content (AvgIpc) is 3.35. The molecular formula is C17H14N8O. The van der Waals surface area contributed by atoms with Gasteiger partial charge in [0.25, 0.3) is 5.91 Å². The van der Waals surface area contributed by atoms with Gasteiger partial charge in [-0.25, -0.2) is 19.3 Å². The van der Waals surface area contributed by atoms with Crippen LogP contribution >= 0.6 is 0 Å². The van der Waals surface area contributed by atoms with Crippen molar-refractivity contribution in [1.82, 2.24) is 34.7 Å². The Bertz CT molecular complexity index is 1020. The van der Waals surface area contributed by atoms with Crippen molar-refractivity contribution in [1.29, 1.82) is 0 Å². The fourth-order valence-corrected chi connectivity index (χ4v) is 2.31. The largest absolute Gasteiger partial charge is 0.319 e. The molecule has 3 aromatic heterocycles. The zero-order valence-electron chi connectivity index (χ0n) is 13.8. The van der Waals surface area contributed by atoms with Gasteiger partial charge in [0.1, 0.15) is 12.7 Å². The van der Waals surface area contributed by atoms with Gasteiger partial charge in [-0.05, 0) is 31.2 Å². The van der Waals surface area contributed by atoms with Crippen LogP contribution in [0.15, 0.2) is 61.4 Å². The minimum atomic E-state index is -0.362. The maximum absolute atomic E-state index is 12.3. The van der Waals surface area contributed by atoms with E-state index in [1.54, 1.807) is 35.5 Å². The molecule has 128 valence electrons. The van der Waals surface area contributed by atoms with Gasteiger partial charge < -0.3 is 5.32 Å². The predicted octanol–water partition coefficient (Wildman–Crippen LogP) is 1.80. The van der Waals surface area contributed by atoms with Gasteiger partial charge in [0, 0.05) is 0 Å². The Kier molecular flexibility index (Phi) is 3.94. The van der Waals surface area contributed by atoms with Crippen molar-refractivity contribution in [3.05, 3.63) is 72.7 Å². The first-order chi connectivity index (χ1) is 12.7. The van der Waals surface area contributed by atoms with E-state index in [0.717, 1.165) is 11.3 Å². The summed E-state index contributed by atoms with van der Waals surface area (Å²) in [6.45, 7) is 2.01. The number of hydrogen-bond donors (Lipinski definition) is 1. The smallest absolute Gasteiger partial charge is 0.277 e. The van der Waals surface area contributed by atoms with Crippen molar-refractivity contribution in [2.75, 3.05) is 5.32 Å². The summed E-state index contributed by atoms with van der Waals surface area (Å²) < 4.78 is 3.08. The molecule has 1 amide bonds. The molecule has 9 heteroatoms. The lowest BCUT2D eigenvalue weighted by Gasteiger charge is -2.04. The van der Waals surface area contributed by atoms with Crippen LogP contribution in [-0.4, -0.2) is 40.6 Å². The molecule has 3 heterocycles. The van der Waals surface area contributed by atoms with E-state index in [4.69, 9.17) is 0 Å². The lowest BCUT2D eigenvalue weighted by Crippen LogP contribution is -2.12. The molecule has 0 aliphatic heterocycles. The molecule has 26 heavy (non-hydrogen) atoms. The number of nitrogens with zero attached hydrogens (tertiary/aromatic N) is 7. The number of aryl methyl sites for hydroxylation is 1. The number of aromatic nitrogens is 7. The highest BCUT2D eigenvalue weighted by Gasteiger charge is 2.12. The van der Waals surface area contributed by atoms with Crippen LogP contribution in [0.4, 0.5) is 5.69 Å². The Morgan fingerprint density at radius 1 is 1.08 bits per heavy atom. The van der Waals surface area contributed by atoms with Crippen LogP contribution in [0.5, 0.6) is 0 Å².